The van der Waals surface area contributed by atoms with Gasteiger partial charge in [-0.25, -0.2) is 4.98 Å². The Hall–Kier alpha value is -2.88. The predicted molar refractivity (Wildman–Crippen MR) is 133 cm³/mol. The summed E-state index contributed by atoms with van der Waals surface area (Å²) in [5.41, 5.74) is 2.31. The van der Waals surface area contributed by atoms with Crippen LogP contribution in [0.4, 0.5) is 0 Å². The second-order valence-electron chi connectivity index (χ2n) is 8.15. The second kappa shape index (κ2) is 8.72. The molecule has 4 aromatic rings. The van der Waals surface area contributed by atoms with E-state index in [-0.39, 0.29) is 27.0 Å². The Labute approximate surface area is 205 Å². The lowest BCUT2D eigenvalue weighted by atomic mass is 9.97. The summed E-state index contributed by atoms with van der Waals surface area (Å²) in [6.45, 7) is 1.86. The zero-order valence-electron chi connectivity index (χ0n) is 18.5. The average Bonchev–Trinajstić information content (AvgIpc) is 3.19. The van der Waals surface area contributed by atoms with Crippen molar-refractivity contribution in [2.45, 2.75) is 37.5 Å². The van der Waals surface area contributed by atoms with E-state index in [0.717, 1.165) is 36.8 Å². The van der Waals surface area contributed by atoms with Crippen LogP contribution in [-0.4, -0.2) is 25.5 Å². The summed E-state index contributed by atoms with van der Waals surface area (Å²) in [4.78, 5) is 22.3. The Morgan fingerprint density at radius 1 is 1.12 bits per heavy atom. The van der Waals surface area contributed by atoms with Crippen LogP contribution < -0.4 is 14.5 Å². The maximum atomic E-state index is 12.9. The monoisotopic (exact) mass is 516 g/mol. The van der Waals surface area contributed by atoms with Gasteiger partial charge in [-0.2, -0.15) is 8.42 Å². The van der Waals surface area contributed by atoms with Crippen LogP contribution in [-0.2, 0) is 23.0 Å². The molecule has 0 aliphatic heterocycles. The number of H-pyrrole nitrogens is 1. The van der Waals surface area contributed by atoms with Crippen molar-refractivity contribution < 1.29 is 17.3 Å². The largest absolute Gasteiger partial charge is 0.493 e. The first kappa shape index (κ1) is 22.9. The number of aromatic amines is 1. The lowest BCUT2D eigenvalue weighted by molar-refractivity contribution is 0.391. The summed E-state index contributed by atoms with van der Waals surface area (Å²) < 4.78 is 36.3. The molecule has 1 aliphatic carbocycles. The van der Waals surface area contributed by atoms with Crippen molar-refractivity contribution >= 4 is 43.3 Å². The minimum absolute atomic E-state index is 0.00148. The molecule has 7 nitrogen and oxygen atoms in total. The third-order valence-corrected chi connectivity index (χ3v) is 8.53. The molecule has 0 atom stereocenters. The number of halogens is 1. The summed E-state index contributed by atoms with van der Waals surface area (Å²) in [5.74, 6) is 0.291. The van der Waals surface area contributed by atoms with Crippen LogP contribution in [0.5, 0.6) is 11.5 Å². The van der Waals surface area contributed by atoms with Crippen molar-refractivity contribution in [1.29, 1.82) is 0 Å². The minimum Gasteiger partial charge on any atom is -0.493 e. The molecule has 0 fully saturated rings. The number of fused-ring (bicyclic) bond motifs is 3. The number of aryl methyl sites for hydroxylation is 3. The lowest BCUT2D eigenvalue weighted by Gasteiger charge is -2.14. The SMILES string of the molecule is COc1cc(-c2nc3sc4c(c3c(=O)[nH]2)CCCC4)cc(Cl)c1OS(=O)(=O)c1ccc(C)cc1. The van der Waals surface area contributed by atoms with E-state index in [9.17, 15) is 13.2 Å². The average molecular weight is 517 g/mol. The van der Waals surface area contributed by atoms with Crippen molar-refractivity contribution in [3.63, 3.8) is 0 Å². The van der Waals surface area contributed by atoms with E-state index in [4.69, 9.17) is 20.5 Å². The Morgan fingerprint density at radius 2 is 1.85 bits per heavy atom. The number of hydrogen-bond donors (Lipinski definition) is 1. The Bertz CT molecular complexity index is 1570. The summed E-state index contributed by atoms with van der Waals surface area (Å²) in [6, 6.07) is 9.33. The number of hydrogen-bond acceptors (Lipinski definition) is 7. The van der Waals surface area contributed by atoms with E-state index in [1.807, 2.05) is 6.92 Å². The zero-order valence-corrected chi connectivity index (χ0v) is 20.9. The van der Waals surface area contributed by atoms with Gasteiger partial charge in [-0.05, 0) is 62.4 Å². The minimum atomic E-state index is -4.14. The highest BCUT2D eigenvalue weighted by Crippen LogP contribution is 2.41. The van der Waals surface area contributed by atoms with Crippen LogP contribution in [0.2, 0.25) is 5.02 Å². The Morgan fingerprint density at radius 3 is 2.59 bits per heavy atom. The van der Waals surface area contributed by atoms with E-state index >= 15 is 0 Å². The van der Waals surface area contributed by atoms with Gasteiger partial charge in [0.05, 0.1) is 17.5 Å². The molecule has 0 bridgehead atoms. The highest BCUT2D eigenvalue weighted by molar-refractivity contribution is 7.87. The van der Waals surface area contributed by atoms with Gasteiger partial charge >= 0.3 is 10.1 Å². The molecule has 2 heterocycles. The molecular weight excluding hydrogens is 496 g/mol. The normalized spacial score (nSPS) is 13.6. The van der Waals surface area contributed by atoms with Crippen molar-refractivity contribution in [2.75, 3.05) is 7.11 Å². The van der Waals surface area contributed by atoms with Gasteiger partial charge < -0.3 is 13.9 Å². The first-order chi connectivity index (χ1) is 16.3. The second-order valence-corrected chi connectivity index (χ2v) is 11.2. The van der Waals surface area contributed by atoms with E-state index in [1.165, 1.54) is 30.2 Å². The molecular formula is C24H21ClN2O5S2. The van der Waals surface area contributed by atoms with Gasteiger partial charge in [0.15, 0.2) is 5.75 Å². The molecule has 34 heavy (non-hydrogen) atoms. The number of ether oxygens (including phenoxy) is 1. The fourth-order valence-electron chi connectivity index (χ4n) is 4.10. The van der Waals surface area contributed by atoms with Gasteiger partial charge in [-0.3, -0.25) is 4.79 Å². The van der Waals surface area contributed by atoms with Crippen LogP contribution >= 0.6 is 22.9 Å². The van der Waals surface area contributed by atoms with Gasteiger partial charge in [-0.15, -0.1) is 11.3 Å². The van der Waals surface area contributed by atoms with Crippen LogP contribution in [0.15, 0.2) is 46.1 Å². The number of aromatic nitrogens is 2. The smallest absolute Gasteiger partial charge is 0.339 e. The lowest BCUT2D eigenvalue weighted by Crippen LogP contribution is -2.12. The molecule has 5 rings (SSSR count). The number of nitrogens with one attached hydrogen (secondary N) is 1. The summed E-state index contributed by atoms with van der Waals surface area (Å²) >= 11 is 7.98. The van der Waals surface area contributed by atoms with Crippen LogP contribution in [0, 0.1) is 6.92 Å². The molecule has 2 aromatic heterocycles. The molecule has 1 N–H and O–H groups in total. The Kier molecular flexibility index (Phi) is 5.87. The molecule has 1 aliphatic rings. The quantitative estimate of drug-likeness (QED) is 0.363. The molecule has 0 unspecified atom stereocenters. The maximum absolute atomic E-state index is 12.9. The van der Waals surface area contributed by atoms with Gasteiger partial charge in [0.1, 0.15) is 15.6 Å². The zero-order chi connectivity index (χ0) is 24.0. The van der Waals surface area contributed by atoms with Gasteiger partial charge in [0, 0.05) is 10.4 Å². The standard InChI is InChI=1S/C24H21ClN2O5S2/c1-13-7-9-15(10-8-13)34(29,30)32-21-17(25)11-14(12-18(21)31-2)22-26-23(28)20-16-5-3-4-6-19(16)33-24(20)27-22/h7-12H,3-6H2,1-2H3,(H,26,27,28). The fourth-order valence-corrected chi connectivity index (χ4v) is 6.61. The molecule has 0 saturated carbocycles. The van der Waals surface area contributed by atoms with Crippen LogP contribution in [0.25, 0.3) is 21.6 Å². The third-order valence-electron chi connectivity index (χ3n) is 5.83. The van der Waals surface area contributed by atoms with Crippen molar-refractivity contribution in [3.8, 4) is 22.9 Å². The highest BCUT2D eigenvalue weighted by Gasteiger charge is 2.24. The van der Waals surface area contributed by atoms with E-state index < -0.39 is 10.1 Å². The third kappa shape index (κ3) is 4.08. The van der Waals surface area contributed by atoms with E-state index in [0.29, 0.717) is 21.6 Å². The van der Waals surface area contributed by atoms with E-state index in [2.05, 4.69) is 9.97 Å². The van der Waals surface area contributed by atoms with Gasteiger partial charge in [-0.1, -0.05) is 29.3 Å². The molecule has 0 spiro atoms. The maximum Gasteiger partial charge on any atom is 0.339 e. The Balaban J connectivity index is 1.56. The number of rotatable bonds is 5. The summed E-state index contributed by atoms with van der Waals surface area (Å²) in [5, 5.41) is 0.670. The predicted octanol–water partition coefficient (Wildman–Crippen LogP) is 5.27. The topological polar surface area (TPSA) is 98.3 Å². The fraction of sp³-hybridized carbons (Fsp3) is 0.250. The molecule has 0 saturated heterocycles. The first-order valence-electron chi connectivity index (χ1n) is 10.7. The number of methoxy groups -OCH3 is 1. The van der Waals surface area contributed by atoms with Gasteiger partial charge in [0.25, 0.3) is 5.56 Å². The molecule has 0 radical (unpaired) electrons. The molecule has 2 aromatic carbocycles. The summed E-state index contributed by atoms with van der Waals surface area (Å²) in [7, 11) is -2.75. The van der Waals surface area contributed by atoms with Crippen molar-refractivity contribution in [3.05, 3.63) is 67.8 Å². The van der Waals surface area contributed by atoms with Crippen LogP contribution in [0.1, 0.15) is 28.8 Å². The van der Waals surface area contributed by atoms with Crippen LogP contribution in [0.3, 0.4) is 0 Å². The summed E-state index contributed by atoms with van der Waals surface area (Å²) in [6.07, 6.45) is 4.04. The number of benzene rings is 2. The molecule has 10 heteroatoms. The highest BCUT2D eigenvalue weighted by atomic mass is 35.5. The van der Waals surface area contributed by atoms with Gasteiger partial charge in [0.2, 0.25) is 5.75 Å². The number of nitrogens with zero attached hydrogens (tertiary/aromatic N) is 1. The first-order valence-corrected chi connectivity index (χ1v) is 13.3. The number of thiophene rings is 1. The van der Waals surface area contributed by atoms with Crippen molar-refractivity contribution in [1.82, 2.24) is 9.97 Å². The molecule has 0 amide bonds. The van der Waals surface area contributed by atoms with E-state index in [1.54, 1.807) is 29.5 Å². The molecule has 176 valence electrons. The van der Waals surface area contributed by atoms with Crippen molar-refractivity contribution in [2.24, 2.45) is 0 Å².